The van der Waals surface area contributed by atoms with Gasteiger partial charge in [0.1, 0.15) is 6.04 Å². The van der Waals surface area contributed by atoms with Gasteiger partial charge in [0, 0.05) is 26.9 Å². The second-order valence-electron chi connectivity index (χ2n) is 7.92. The van der Waals surface area contributed by atoms with Crippen LogP contribution in [-0.4, -0.2) is 30.0 Å². The number of ether oxygens (including phenoxy) is 1. The third-order valence-corrected chi connectivity index (χ3v) is 6.27. The van der Waals surface area contributed by atoms with Crippen LogP contribution >= 0.6 is 27.5 Å². The van der Waals surface area contributed by atoms with Crippen molar-refractivity contribution in [2.75, 3.05) is 7.11 Å². The van der Waals surface area contributed by atoms with Gasteiger partial charge in [0.05, 0.1) is 23.9 Å². The largest absolute Gasteiger partial charge is 0.467 e. The molecule has 4 aromatic rings. The smallest absolute Gasteiger partial charge is 0.328 e. The molecule has 1 amide bonds. The fourth-order valence-electron chi connectivity index (χ4n) is 3.83. The first-order chi connectivity index (χ1) is 16.4. The molecule has 0 aliphatic carbocycles. The van der Waals surface area contributed by atoms with Crippen LogP contribution in [0, 0.1) is 6.92 Å². The summed E-state index contributed by atoms with van der Waals surface area (Å²) in [5.74, 6) is -0.920. The van der Waals surface area contributed by atoms with Crippen LogP contribution in [0.15, 0.2) is 77.3 Å². The number of hydrogen-bond donors (Lipinski definition) is 1. The molecule has 0 fully saturated rings. The van der Waals surface area contributed by atoms with E-state index in [9.17, 15) is 9.59 Å². The minimum atomic E-state index is -0.848. The minimum Gasteiger partial charge on any atom is -0.467 e. The molecule has 0 saturated heterocycles. The predicted octanol–water partition coefficient (Wildman–Crippen LogP) is 6.14. The second-order valence-corrected chi connectivity index (χ2v) is 9.27. The molecule has 3 aromatic carbocycles. The summed E-state index contributed by atoms with van der Waals surface area (Å²) in [6.45, 7) is 1.90. The Labute approximate surface area is 211 Å². The van der Waals surface area contributed by atoms with Crippen LogP contribution in [-0.2, 0) is 16.0 Å². The van der Waals surface area contributed by atoms with Crippen LogP contribution in [0.3, 0.4) is 0 Å². The maximum atomic E-state index is 13.5. The zero-order valence-corrected chi connectivity index (χ0v) is 21.0. The molecule has 34 heavy (non-hydrogen) atoms. The number of carbonyl (C=O) groups is 2. The van der Waals surface area contributed by atoms with Gasteiger partial charge in [-0.2, -0.15) is 0 Å². The zero-order chi connectivity index (χ0) is 24.2. The van der Waals surface area contributed by atoms with Crippen molar-refractivity contribution in [1.29, 1.82) is 0 Å². The summed E-state index contributed by atoms with van der Waals surface area (Å²) in [5, 5.41) is 3.98. The molecule has 0 saturated carbocycles. The topological polar surface area (TPSA) is 68.3 Å². The number of carbonyl (C=O) groups excluding carboxylic acids is 2. The molecule has 1 aromatic heterocycles. The number of rotatable bonds is 6. The summed E-state index contributed by atoms with van der Waals surface area (Å²) in [4.78, 5) is 30.9. The Balaban J connectivity index is 1.78. The van der Waals surface area contributed by atoms with E-state index in [1.165, 1.54) is 7.11 Å². The van der Waals surface area contributed by atoms with Crippen LogP contribution in [0.2, 0.25) is 5.02 Å². The Bertz CT molecular complexity index is 1360. The highest BCUT2D eigenvalue weighted by molar-refractivity contribution is 9.10. The van der Waals surface area contributed by atoms with Crippen molar-refractivity contribution in [1.82, 2.24) is 10.3 Å². The first kappa shape index (κ1) is 23.9. The number of nitrogens with one attached hydrogen (secondary N) is 1. The van der Waals surface area contributed by atoms with Crippen LogP contribution < -0.4 is 5.32 Å². The van der Waals surface area contributed by atoms with Crippen molar-refractivity contribution in [2.45, 2.75) is 19.4 Å². The van der Waals surface area contributed by atoms with Crippen molar-refractivity contribution in [3.8, 4) is 11.3 Å². The maximum absolute atomic E-state index is 13.5. The number of aromatic nitrogens is 1. The lowest BCUT2D eigenvalue weighted by Crippen LogP contribution is -2.43. The molecule has 0 unspecified atom stereocenters. The van der Waals surface area contributed by atoms with Crippen molar-refractivity contribution < 1.29 is 14.3 Å². The molecular weight excluding hydrogens is 516 g/mol. The van der Waals surface area contributed by atoms with Crippen LogP contribution in [0.25, 0.3) is 22.2 Å². The lowest BCUT2D eigenvalue weighted by Gasteiger charge is -2.18. The lowest BCUT2D eigenvalue weighted by atomic mass is 10.0. The van der Waals surface area contributed by atoms with Gasteiger partial charge in [-0.3, -0.25) is 4.79 Å². The van der Waals surface area contributed by atoms with Gasteiger partial charge >= 0.3 is 5.97 Å². The van der Waals surface area contributed by atoms with Gasteiger partial charge in [-0.15, -0.1) is 0 Å². The van der Waals surface area contributed by atoms with Gasteiger partial charge in [-0.25, -0.2) is 9.78 Å². The number of esters is 1. The highest BCUT2D eigenvalue weighted by atomic mass is 79.9. The molecule has 1 heterocycles. The van der Waals surface area contributed by atoms with Crippen LogP contribution in [0.5, 0.6) is 0 Å². The van der Waals surface area contributed by atoms with E-state index in [0.717, 1.165) is 21.2 Å². The van der Waals surface area contributed by atoms with E-state index in [2.05, 4.69) is 21.2 Å². The first-order valence-corrected chi connectivity index (χ1v) is 11.8. The molecule has 7 heteroatoms. The van der Waals surface area contributed by atoms with Crippen LogP contribution in [0.1, 0.15) is 21.5 Å². The number of amides is 1. The summed E-state index contributed by atoms with van der Waals surface area (Å²) in [5.41, 5.74) is 4.33. The number of fused-ring (bicyclic) bond motifs is 1. The Morgan fingerprint density at radius 3 is 2.44 bits per heavy atom. The molecular formula is C27H22BrClN2O3. The van der Waals surface area contributed by atoms with Gasteiger partial charge in [0.2, 0.25) is 0 Å². The Morgan fingerprint density at radius 1 is 1.06 bits per heavy atom. The fourth-order valence-corrected chi connectivity index (χ4v) is 4.37. The highest BCUT2D eigenvalue weighted by Crippen LogP contribution is 2.30. The minimum absolute atomic E-state index is 0.307. The summed E-state index contributed by atoms with van der Waals surface area (Å²) < 4.78 is 5.90. The quantitative estimate of drug-likeness (QED) is 0.300. The summed E-state index contributed by atoms with van der Waals surface area (Å²) in [6, 6.07) is 21.6. The SMILES string of the molecule is COC(=O)[C@H](Cc1ccccc1)NC(=O)c1cc(-c2ccc(Br)cc2)nc2c(C)cc(Cl)cc12. The van der Waals surface area contributed by atoms with Crippen molar-refractivity contribution in [3.63, 3.8) is 0 Å². The molecule has 172 valence electrons. The molecule has 0 radical (unpaired) electrons. The standard InChI is InChI=1S/C27H22BrClN2O3/c1-16-12-20(29)14-21-22(15-23(30-25(16)21)18-8-10-19(28)11-9-18)26(32)31-24(27(33)34-2)13-17-6-4-3-5-7-17/h3-12,14-15,24H,13H2,1-2H3,(H,31,32)/t24-/m0/s1. The lowest BCUT2D eigenvalue weighted by molar-refractivity contribution is -0.142. The summed E-state index contributed by atoms with van der Waals surface area (Å²) in [7, 11) is 1.31. The average Bonchev–Trinajstić information content (AvgIpc) is 2.83. The van der Waals surface area contributed by atoms with Crippen molar-refractivity contribution >= 4 is 50.3 Å². The van der Waals surface area contributed by atoms with Gasteiger partial charge in [0.25, 0.3) is 5.91 Å². The number of halogens is 2. The predicted molar refractivity (Wildman–Crippen MR) is 138 cm³/mol. The van der Waals surface area contributed by atoms with Gasteiger partial charge in [-0.05, 0) is 48.4 Å². The Hall–Kier alpha value is -3.22. The fraction of sp³-hybridized carbons (Fsp3) is 0.148. The number of hydrogen-bond acceptors (Lipinski definition) is 4. The number of nitrogens with zero attached hydrogens (tertiary/aromatic N) is 1. The molecule has 1 N–H and O–H groups in total. The Kier molecular flexibility index (Phi) is 7.29. The Morgan fingerprint density at radius 2 is 1.76 bits per heavy atom. The van der Waals surface area contributed by atoms with Crippen molar-refractivity contribution in [2.24, 2.45) is 0 Å². The van der Waals surface area contributed by atoms with E-state index in [0.29, 0.717) is 33.6 Å². The molecule has 1 atom stereocenters. The molecule has 0 aliphatic rings. The normalized spacial score (nSPS) is 11.8. The number of methoxy groups -OCH3 is 1. The van der Waals surface area contributed by atoms with E-state index >= 15 is 0 Å². The van der Waals surface area contributed by atoms with E-state index < -0.39 is 17.9 Å². The third kappa shape index (κ3) is 5.29. The second kappa shape index (κ2) is 10.4. The zero-order valence-electron chi connectivity index (χ0n) is 18.6. The number of aryl methyl sites for hydroxylation is 1. The van der Waals surface area contributed by atoms with Gasteiger partial charge in [0.15, 0.2) is 0 Å². The molecule has 0 aliphatic heterocycles. The molecule has 0 bridgehead atoms. The van der Waals surface area contributed by atoms with Gasteiger partial charge in [-0.1, -0.05) is 70.0 Å². The molecule has 5 nitrogen and oxygen atoms in total. The van der Waals surface area contributed by atoms with E-state index in [1.807, 2.05) is 67.6 Å². The highest BCUT2D eigenvalue weighted by Gasteiger charge is 2.24. The first-order valence-electron chi connectivity index (χ1n) is 10.6. The van der Waals surface area contributed by atoms with Gasteiger partial charge < -0.3 is 10.1 Å². The maximum Gasteiger partial charge on any atom is 0.328 e. The van der Waals surface area contributed by atoms with E-state index in [-0.39, 0.29) is 0 Å². The van der Waals surface area contributed by atoms with Crippen molar-refractivity contribution in [3.05, 3.63) is 99.0 Å². The summed E-state index contributed by atoms with van der Waals surface area (Å²) in [6.07, 6.45) is 0.307. The summed E-state index contributed by atoms with van der Waals surface area (Å²) >= 11 is 9.77. The van der Waals surface area contributed by atoms with Crippen LogP contribution in [0.4, 0.5) is 0 Å². The number of pyridine rings is 1. The molecule has 0 spiro atoms. The molecule has 4 rings (SSSR count). The van der Waals surface area contributed by atoms with E-state index in [1.54, 1.807) is 12.1 Å². The van der Waals surface area contributed by atoms with E-state index in [4.69, 9.17) is 21.3 Å². The monoisotopic (exact) mass is 536 g/mol. The number of benzene rings is 3. The third-order valence-electron chi connectivity index (χ3n) is 5.53. The average molecular weight is 538 g/mol.